The number of hydrogen-bond acceptors (Lipinski definition) is 4. The normalized spacial score (nSPS) is 16.0. The van der Waals surface area contributed by atoms with E-state index in [1.54, 1.807) is 13.2 Å². The number of allylic oxidation sites excluding steroid dienone is 4. The fourth-order valence-corrected chi connectivity index (χ4v) is 4.45. The molecule has 42 heavy (non-hydrogen) atoms. The van der Waals surface area contributed by atoms with Gasteiger partial charge in [0.05, 0.1) is 19.8 Å². The van der Waals surface area contributed by atoms with E-state index >= 15 is 0 Å². The zero-order valence-corrected chi connectivity index (χ0v) is 29.9. The third-order valence-corrected chi connectivity index (χ3v) is 7.25. The standard InChI is InChI=1S/C31H48O4.C3H8.2C2H6/c1-10-11-12-22(3)30(32)27(8)31(33)24(5)18-21(2)17-23(4)26(7)25(6)19-35-20-28-13-15-29(34-9)16-14-28;1-3-2;2*1-2/h10-17,22-27,30,32H,1,18-20H2,2-9H3;3H2,1-2H3;2*1-2H3/b12-11-,21-17-;;;. The first-order valence-corrected chi connectivity index (χ1v) is 16.3. The van der Waals surface area contributed by atoms with Crippen molar-refractivity contribution in [3.05, 3.63) is 66.3 Å². The fourth-order valence-electron chi connectivity index (χ4n) is 4.45. The van der Waals surface area contributed by atoms with Crippen LogP contribution in [0.5, 0.6) is 5.75 Å². The van der Waals surface area contributed by atoms with Crippen LogP contribution in [0.1, 0.15) is 108 Å². The number of aliphatic hydroxyl groups excluding tert-OH is 1. The molecule has 1 rings (SSSR count). The summed E-state index contributed by atoms with van der Waals surface area (Å²) in [7, 11) is 1.67. The molecular weight excluding hydrogens is 520 g/mol. The molecule has 244 valence electrons. The summed E-state index contributed by atoms with van der Waals surface area (Å²) in [6, 6.07) is 7.97. The molecule has 0 radical (unpaired) electrons. The molecule has 0 saturated carbocycles. The number of methoxy groups -OCH3 is 1. The molecule has 0 aliphatic heterocycles. The molecule has 4 nitrogen and oxygen atoms in total. The first-order chi connectivity index (χ1) is 19.9. The predicted molar refractivity (Wildman–Crippen MR) is 185 cm³/mol. The van der Waals surface area contributed by atoms with E-state index in [0.717, 1.165) is 11.3 Å². The highest BCUT2D eigenvalue weighted by Gasteiger charge is 2.29. The van der Waals surface area contributed by atoms with Crippen molar-refractivity contribution in [1.82, 2.24) is 0 Å². The van der Waals surface area contributed by atoms with Crippen molar-refractivity contribution in [2.24, 2.45) is 35.5 Å². The van der Waals surface area contributed by atoms with Crippen molar-refractivity contribution < 1.29 is 19.4 Å². The van der Waals surface area contributed by atoms with Crippen LogP contribution >= 0.6 is 0 Å². The third-order valence-electron chi connectivity index (χ3n) is 7.25. The van der Waals surface area contributed by atoms with Gasteiger partial charge in [-0.25, -0.2) is 0 Å². The Balaban J connectivity index is -0.00000199. The zero-order valence-electron chi connectivity index (χ0n) is 29.9. The molecule has 0 aromatic heterocycles. The molecule has 0 amide bonds. The average molecular weight is 589 g/mol. The highest BCUT2D eigenvalue weighted by Crippen LogP contribution is 2.27. The topological polar surface area (TPSA) is 55.8 Å². The van der Waals surface area contributed by atoms with Gasteiger partial charge in [0.25, 0.3) is 0 Å². The Morgan fingerprint density at radius 3 is 1.95 bits per heavy atom. The summed E-state index contributed by atoms with van der Waals surface area (Å²) in [5.41, 5.74) is 2.36. The van der Waals surface area contributed by atoms with Crippen LogP contribution in [-0.2, 0) is 16.1 Å². The molecule has 0 spiro atoms. The second-order valence-electron chi connectivity index (χ2n) is 11.0. The van der Waals surface area contributed by atoms with Crippen LogP contribution in [0.25, 0.3) is 0 Å². The number of aliphatic hydroxyl groups is 1. The van der Waals surface area contributed by atoms with Gasteiger partial charge in [-0.1, -0.05) is 138 Å². The van der Waals surface area contributed by atoms with E-state index in [4.69, 9.17) is 9.47 Å². The predicted octanol–water partition coefficient (Wildman–Crippen LogP) is 10.5. The van der Waals surface area contributed by atoms with E-state index in [2.05, 4.69) is 54.2 Å². The van der Waals surface area contributed by atoms with Gasteiger partial charge in [-0.2, -0.15) is 0 Å². The summed E-state index contributed by atoms with van der Waals surface area (Å²) in [5, 5.41) is 10.6. The van der Waals surface area contributed by atoms with Crippen molar-refractivity contribution in [2.45, 2.75) is 116 Å². The lowest BCUT2D eigenvalue weighted by Gasteiger charge is -2.26. The van der Waals surface area contributed by atoms with Crippen molar-refractivity contribution in [2.75, 3.05) is 13.7 Å². The molecule has 1 N–H and O–H groups in total. The summed E-state index contributed by atoms with van der Waals surface area (Å²) in [6.07, 6.45) is 8.96. The molecule has 0 aliphatic carbocycles. The number of hydrogen-bond donors (Lipinski definition) is 1. The number of carbonyl (C=O) groups is 1. The lowest BCUT2D eigenvalue weighted by Crippen LogP contribution is -2.33. The van der Waals surface area contributed by atoms with Crippen LogP contribution in [0, 0.1) is 35.5 Å². The third kappa shape index (κ3) is 19.1. The average Bonchev–Trinajstić information content (AvgIpc) is 3.00. The van der Waals surface area contributed by atoms with Crippen molar-refractivity contribution in [3.8, 4) is 5.75 Å². The molecule has 7 atom stereocenters. The Morgan fingerprint density at radius 1 is 0.952 bits per heavy atom. The van der Waals surface area contributed by atoms with Gasteiger partial charge in [-0.15, -0.1) is 0 Å². The van der Waals surface area contributed by atoms with Crippen LogP contribution in [-0.4, -0.2) is 30.7 Å². The van der Waals surface area contributed by atoms with Crippen molar-refractivity contribution in [1.29, 1.82) is 0 Å². The highest BCUT2D eigenvalue weighted by molar-refractivity contribution is 5.83. The number of rotatable bonds is 16. The Labute approximate surface area is 261 Å². The summed E-state index contributed by atoms with van der Waals surface area (Å²) >= 11 is 0. The second kappa shape index (κ2) is 27.7. The molecule has 0 bridgehead atoms. The van der Waals surface area contributed by atoms with E-state index in [1.807, 2.05) is 84.9 Å². The maximum absolute atomic E-state index is 12.9. The first-order valence-electron chi connectivity index (χ1n) is 16.3. The van der Waals surface area contributed by atoms with Gasteiger partial charge in [0.15, 0.2) is 0 Å². The summed E-state index contributed by atoms with van der Waals surface area (Å²) in [4.78, 5) is 12.9. The second-order valence-corrected chi connectivity index (χ2v) is 11.0. The van der Waals surface area contributed by atoms with E-state index < -0.39 is 12.0 Å². The van der Waals surface area contributed by atoms with Crippen molar-refractivity contribution in [3.63, 3.8) is 0 Å². The van der Waals surface area contributed by atoms with Gasteiger partial charge in [0.2, 0.25) is 0 Å². The van der Waals surface area contributed by atoms with Crippen molar-refractivity contribution >= 4 is 5.78 Å². The van der Waals surface area contributed by atoms with Crippen LogP contribution in [0.2, 0.25) is 0 Å². The number of Topliss-reactive ketones (excluding diaryl/α,β-unsaturated/α-hetero) is 1. The molecule has 1 aromatic carbocycles. The largest absolute Gasteiger partial charge is 0.497 e. The quantitative estimate of drug-likeness (QED) is 0.154. The van der Waals surface area contributed by atoms with E-state index in [0.29, 0.717) is 37.4 Å². The maximum atomic E-state index is 12.9. The number of ketones is 1. The molecule has 0 aliphatic rings. The Morgan fingerprint density at radius 2 is 1.48 bits per heavy atom. The summed E-state index contributed by atoms with van der Waals surface area (Å²) in [6.45, 7) is 31.8. The molecule has 1 aromatic rings. The molecule has 0 fully saturated rings. The van der Waals surface area contributed by atoms with Gasteiger partial charge < -0.3 is 14.6 Å². The minimum absolute atomic E-state index is 0.0925. The summed E-state index contributed by atoms with van der Waals surface area (Å²) < 4.78 is 11.2. The highest BCUT2D eigenvalue weighted by atomic mass is 16.5. The number of ether oxygens (including phenoxy) is 2. The SMILES string of the molecule is C=C/C=C\C(C)C(O)C(C)C(=O)C(C)C/C(C)=C\C(C)C(C)C(C)COCc1ccc(OC)cc1.CC.CC.CCC. The Bertz CT molecular complexity index is 839. The maximum Gasteiger partial charge on any atom is 0.141 e. The minimum Gasteiger partial charge on any atom is -0.497 e. The lowest BCUT2D eigenvalue weighted by atomic mass is 9.81. The van der Waals surface area contributed by atoms with Gasteiger partial charge >= 0.3 is 0 Å². The lowest BCUT2D eigenvalue weighted by molar-refractivity contribution is -0.129. The van der Waals surface area contributed by atoms with E-state index in [-0.39, 0.29) is 17.6 Å². The monoisotopic (exact) mass is 589 g/mol. The van der Waals surface area contributed by atoms with Crippen LogP contribution in [0.4, 0.5) is 0 Å². The number of benzene rings is 1. The molecular formula is C38H68O4. The Hall–Kier alpha value is -2.17. The fraction of sp³-hybridized carbons (Fsp3) is 0.658. The zero-order chi connectivity index (χ0) is 33.3. The molecule has 0 saturated heterocycles. The Kier molecular flexibility index (Phi) is 29.1. The van der Waals surface area contributed by atoms with E-state index in [1.165, 1.54) is 12.0 Å². The van der Waals surface area contributed by atoms with Crippen LogP contribution in [0.3, 0.4) is 0 Å². The molecule has 7 unspecified atom stereocenters. The van der Waals surface area contributed by atoms with Crippen LogP contribution < -0.4 is 4.74 Å². The minimum atomic E-state index is -0.692. The number of carbonyl (C=O) groups excluding carboxylic acids is 1. The van der Waals surface area contributed by atoms with Gasteiger partial charge in [-0.3, -0.25) is 4.79 Å². The van der Waals surface area contributed by atoms with Gasteiger partial charge in [0.1, 0.15) is 11.5 Å². The van der Waals surface area contributed by atoms with Gasteiger partial charge in [-0.05, 0) is 48.8 Å². The smallest absolute Gasteiger partial charge is 0.141 e. The first kappa shape index (κ1) is 44.3. The summed E-state index contributed by atoms with van der Waals surface area (Å²) in [5.74, 6) is 1.58. The molecule has 0 heterocycles. The molecule has 4 heteroatoms. The van der Waals surface area contributed by atoms with Gasteiger partial charge in [0, 0.05) is 24.4 Å². The van der Waals surface area contributed by atoms with E-state index in [9.17, 15) is 9.90 Å². The van der Waals surface area contributed by atoms with Crippen LogP contribution in [0.15, 0.2) is 60.7 Å².